The molecule has 3 nitrogen and oxygen atoms in total. The summed E-state index contributed by atoms with van der Waals surface area (Å²) in [6.07, 6.45) is 0. The van der Waals surface area contributed by atoms with Gasteiger partial charge in [-0.25, -0.2) is 8.42 Å². The lowest BCUT2D eigenvalue weighted by Gasteiger charge is -2.07. The maximum Gasteiger partial charge on any atom is 0.271 e. The van der Waals surface area contributed by atoms with Crippen LogP contribution in [0, 0.1) is 6.92 Å². The fraction of sp³-hybridized carbons (Fsp3) is 0.0909. The van der Waals surface area contributed by atoms with Crippen molar-refractivity contribution in [2.45, 2.75) is 11.1 Å². The second kappa shape index (κ2) is 5.73. The smallest absolute Gasteiger partial charge is 0.271 e. The van der Waals surface area contributed by atoms with Crippen LogP contribution in [0.4, 0.5) is 5.69 Å². The zero-order valence-corrected chi connectivity index (χ0v) is 15.1. The lowest BCUT2D eigenvalue weighted by atomic mass is 10.3. The summed E-state index contributed by atoms with van der Waals surface area (Å²) in [5.41, 5.74) is 1.31. The highest BCUT2D eigenvalue weighted by Gasteiger charge is 2.18. The fourth-order valence-electron chi connectivity index (χ4n) is 1.33. The minimum absolute atomic E-state index is 0.260. The lowest BCUT2D eigenvalue weighted by molar-refractivity contribution is 0.603. The highest BCUT2D eigenvalue weighted by Crippen LogP contribution is 2.32. The van der Waals surface area contributed by atoms with Crippen LogP contribution in [-0.2, 0) is 10.0 Å². The van der Waals surface area contributed by atoms with Crippen LogP contribution in [0.25, 0.3) is 0 Å². The summed E-state index contributed by atoms with van der Waals surface area (Å²) in [5.74, 6) is 0. The summed E-state index contributed by atoms with van der Waals surface area (Å²) >= 11 is 13.7. The largest absolute Gasteiger partial charge is 0.279 e. The first-order chi connectivity index (χ1) is 8.79. The molecule has 0 fully saturated rings. The van der Waals surface area contributed by atoms with Crippen molar-refractivity contribution in [3.05, 3.63) is 43.1 Å². The number of nitrogens with one attached hydrogen (secondary N) is 1. The Morgan fingerprint density at radius 3 is 2.47 bits per heavy atom. The number of anilines is 1. The summed E-state index contributed by atoms with van der Waals surface area (Å²) in [7, 11) is -3.58. The van der Waals surface area contributed by atoms with E-state index in [0.29, 0.717) is 15.2 Å². The van der Waals surface area contributed by atoms with Gasteiger partial charge in [-0.1, -0.05) is 11.6 Å². The lowest BCUT2D eigenvalue weighted by Crippen LogP contribution is -2.11. The van der Waals surface area contributed by atoms with Gasteiger partial charge in [-0.15, -0.1) is 11.3 Å². The quantitative estimate of drug-likeness (QED) is 0.720. The van der Waals surface area contributed by atoms with E-state index in [1.807, 2.05) is 6.92 Å². The van der Waals surface area contributed by atoms with Crippen molar-refractivity contribution in [2.24, 2.45) is 0 Å². The van der Waals surface area contributed by atoms with Crippen LogP contribution in [0.3, 0.4) is 0 Å². The van der Waals surface area contributed by atoms with Gasteiger partial charge in [0.1, 0.15) is 4.21 Å². The first-order valence-corrected chi connectivity index (χ1v) is 9.30. The normalized spacial score (nSPS) is 11.6. The molecule has 0 aliphatic heterocycles. The number of halogens is 3. The van der Waals surface area contributed by atoms with Gasteiger partial charge >= 0.3 is 0 Å². The Labute approximate surface area is 137 Å². The van der Waals surface area contributed by atoms with Crippen molar-refractivity contribution in [1.82, 2.24) is 0 Å². The number of hydrogen-bond acceptors (Lipinski definition) is 3. The SMILES string of the molecule is Cc1cc(S(=O)(=O)Nc2ccc(Br)c(Cl)c2)sc1Br. The molecule has 1 N–H and O–H groups in total. The molecular weight excluding hydrogens is 438 g/mol. The number of sulfonamides is 1. The molecule has 102 valence electrons. The fourth-order valence-corrected chi connectivity index (χ4v) is 5.03. The third-order valence-corrected chi connectivity index (χ3v) is 7.50. The first kappa shape index (κ1) is 15.3. The van der Waals surface area contributed by atoms with E-state index in [1.165, 1.54) is 11.3 Å². The predicted molar refractivity (Wildman–Crippen MR) is 86.7 cm³/mol. The zero-order valence-electron chi connectivity index (χ0n) is 9.58. The number of thiophene rings is 1. The summed E-state index contributed by atoms with van der Waals surface area (Å²) in [6, 6.07) is 6.51. The molecule has 1 aromatic carbocycles. The molecule has 0 saturated heterocycles. The van der Waals surface area contributed by atoms with E-state index in [-0.39, 0.29) is 4.21 Å². The second-order valence-electron chi connectivity index (χ2n) is 3.76. The molecule has 19 heavy (non-hydrogen) atoms. The Balaban J connectivity index is 2.33. The average Bonchev–Trinajstić information content (AvgIpc) is 2.65. The third kappa shape index (κ3) is 3.52. The van der Waals surface area contributed by atoms with Gasteiger partial charge in [0.25, 0.3) is 10.0 Å². The molecule has 0 aliphatic rings. The molecule has 2 rings (SSSR count). The molecule has 0 saturated carbocycles. The molecule has 2 aromatic rings. The molecule has 1 heterocycles. The van der Waals surface area contributed by atoms with Gasteiger partial charge in [0.15, 0.2) is 0 Å². The summed E-state index contributed by atoms with van der Waals surface area (Å²) < 4.78 is 28.7. The van der Waals surface area contributed by atoms with Crippen molar-refractivity contribution in [3.63, 3.8) is 0 Å². The van der Waals surface area contributed by atoms with Crippen molar-refractivity contribution >= 4 is 70.5 Å². The standard InChI is InChI=1S/C11H8Br2ClNO2S2/c1-6-4-10(18-11(6)13)19(16,17)15-7-2-3-8(12)9(14)5-7/h2-5,15H,1H3. The number of hydrogen-bond donors (Lipinski definition) is 1. The van der Waals surface area contributed by atoms with Gasteiger partial charge < -0.3 is 0 Å². The highest BCUT2D eigenvalue weighted by atomic mass is 79.9. The predicted octanol–water partition coefficient (Wildman–Crippen LogP) is 5.04. The van der Waals surface area contributed by atoms with E-state index in [4.69, 9.17) is 11.6 Å². The number of benzene rings is 1. The Bertz CT molecular complexity index is 709. The molecule has 1 aromatic heterocycles. The van der Waals surface area contributed by atoms with Gasteiger partial charge in [0.05, 0.1) is 14.5 Å². The molecule has 0 aliphatic carbocycles. The van der Waals surface area contributed by atoms with Gasteiger partial charge in [0.2, 0.25) is 0 Å². The highest BCUT2D eigenvalue weighted by molar-refractivity contribution is 9.11. The van der Waals surface area contributed by atoms with Crippen LogP contribution in [0.5, 0.6) is 0 Å². The molecule has 0 amide bonds. The number of aryl methyl sites for hydroxylation is 1. The van der Waals surface area contributed by atoms with Crippen LogP contribution in [0.2, 0.25) is 5.02 Å². The summed E-state index contributed by atoms with van der Waals surface area (Å²) in [4.78, 5) is 0. The second-order valence-corrected chi connectivity index (χ2v) is 9.30. The van der Waals surface area contributed by atoms with E-state index in [2.05, 4.69) is 36.6 Å². The zero-order chi connectivity index (χ0) is 14.2. The van der Waals surface area contributed by atoms with Crippen LogP contribution in [-0.4, -0.2) is 8.42 Å². The maximum absolute atomic E-state index is 12.2. The molecule has 0 spiro atoms. The first-order valence-electron chi connectivity index (χ1n) is 5.03. The topological polar surface area (TPSA) is 46.2 Å². The van der Waals surface area contributed by atoms with E-state index >= 15 is 0 Å². The van der Waals surface area contributed by atoms with Crippen LogP contribution >= 0.6 is 54.8 Å². The molecule has 0 bridgehead atoms. The van der Waals surface area contributed by atoms with Gasteiger partial charge in [-0.05, 0) is 68.6 Å². The Morgan fingerprint density at radius 1 is 1.26 bits per heavy atom. The average molecular weight is 446 g/mol. The van der Waals surface area contributed by atoms with Crippen molar-refractivity contribution < 1.29 is 8.42 Å². The van der Waals surface area contributed by atoms with Crippen LogP contribution in [0.15, 0.2) is 36.7 Å². The third-order valence-electron chi connectivity index (χ3n) is 2.27. The Morgan fingerprint density at radius 2 is 1.95 bits per heavy atom. The van der Waals surface area contributed by atoms with Gasteiger partial charge in [-0.2, -0.15) is 0 Å². The van der Waals surface area contributed by atoms with E-state index < -0.39 is 10.0 Å². The minimum Gasteiger partial charge on any atom is -0.279 e. The van der Waals surface area contributed by atoms with E-state index in [1.54, 1.807) is 24.3 Å². The molecule has 0 unspecified atom stereocenters. The van der Waals surface area contributed by atoms with Crippen LogP contribution in [0.1, 0.15) is 5.56 Å². The molecular formula is C11H8Br2ClNO2S2. The van der Waals surface area contributed by atoms with Crippen molar-refractivity contribution in [3.8, 4) is 0 Å². The van der Waals surface area contributed by atoms with E-state index in [0.717, 1.165) is 9.35 Å². The van der Waals surface area contributed by atoms with Crippen molar-refractivity contribution in [2.75, 3.05) is 4.72 Å². The maximum atomic E-state index is 12.2. The van der Waals surface area contributed by atoms with Crippen molar-refractivity contribution in [1.29, 1.82) is 0 Å². The summed E-state index contributed by atoms with van der Waals surface area (Å²) in [6.45, 7) is 1.84. The minimum atomic E-state index is -3.58. The van der Waals surface area contributed by atoms with Gasteiger partial charge in [0, 0.05) is 4.47 Å². The van der Waals surface area contributed by atoms with Gasteiger partial charge in [-0.3, -0.25) is 4.72 Å². The summed E-state index contributed by atoms with van der Waals surface area (Å²) in [5, 5.41) is 0.448. The number of rotatable bonds is 3. The molecule has 0 atom stereocenters. The Hall–Kier alpha value is -0.0800. The molecule has 0 radical (unpaired) electrons. The van der Waals surface area contributed by atoms with E-state index in [9.17, 15) is 8.42 Å². The van der Waals surface area contributed by atoms with Crippen LogP contribution < -0.4 is 4.72 Å². The Kier molecular flexibility index (Phi) is 4.62. The molecule has 8 heteroatoms. The monoisotopic (exact) mass is 443 g/mol.